The quantitative estimate of drug-likeness (QED) is 0.566. The Morgan fingerprint density at radius 3 is 2.29 bits per heavy atom. The molecule has 3 rings (SSSR count). The highest BCUT2D eigenvalue weighted by molar-refractivity contribution is 6.03. The maximum atomic E-state index is 12.3. The molecular weight excluding hydrogens is 300 g/mol. The average molecular weight is 318 g/mol. The third-order valence-corrected chi connectivity index (χ3v) is 3.90. The van der Waals surface area contributed by atoms with Crippen LogP contribution >= 0.6 is 0 Å². The highest BCUT2D eigenvalue weighted by Crippen LogP contribution is 2.24. The van der Waals surface area contributed by atoms with E-state index in [1.165, 1.54) is 0 Å². The first-order chi connectivity index (χ1) is 11.5. The van der Waals surface area contributed by atoms with Gasteiger partial charge in [-0.2, -0.15) is 5.10 Å². The smallest absolute Gasteiger partial charge is 0.275 e. The molecule has 24 heavy (non-hydrogen) atoms. The molecule has 0 spiro atoms. The van der Waals surface area contributed by atoms with Gasteiger partial charge in [0.2, 0.25) is 0 Å². The van der Waals surface area contributed by atoms with Gasteiger partial charge in [0.1, 0.15) is 5.75 Å². The van der Waals surface area contributed by atoms with Crippen LogP contribution in [0.3, 0.4) is 0 Å². The zero-order valence-corrected chi connectivity index (χ0v) is 13.6. The van der Waals surface area contributed by atoms with Crippen LogP contribution < -0.4 is 5.43 Å². The molecule has 0 aliphatic carbocycles. The van der Waals surface area contributed by atoms with E-state index in [0.29, 0.717) is 5.71 Å². The minimum Gasteiger partial charge on any atom is -0.507 e. The van der Waals surface area contributed by atoms with Crippen LogP contribution in [0.1, 0.15) is 28.4 Å². The maximum Gasteiger partial charge on any atom is 0.275 e. The third-order valence-electron chi connectivity index (χ3n) is 3.90. The predicted molar refractivity (Wildman–Crippen MR) is 96.5 cm³/mol. The molecule has 120 valence electrons. The van der Waals surface area contributed by atoms with Gasteiger partial charge in [-0.05, 0) is 42.3 Å². The molecule has 3 aromatic carbocycles. The van der Waals surface area contributed by atoms with Crippen LogP contribution in [0.5, 0.6) is 5.75 Å². The van der Waals surface area contributed by atoms with Crippen molar-refractivity contribution in [3.8, 4) is 5.75 Å². The fraction of sp³-hybridized carbons (Fsp3) is 0.100. The Morgan fingerprint density at radius 1 is 1.00 bits per heavy atom. The van der Waals surface area contributed by atoms with E-state index in [9.17, 15) is 9.90 Å². The number of rotatable bonds is 3. The highest BCUT2D eigenvalue weighted by atomic mass is 16.3. The van der Waals surface area contributed by atoms with Crippen LogP contribution in [0.2, 0.25) is 0 Å². The van der Waals surface area contributed by atoms with Gasteiger partial charge in [0.25, 0.3) is 5.91 Å². The summed E-state index contributed by atoms with van der Waals surface area (Å²) >= 11 is 0. The van der Waals surface area contributed by atoms with Gasteiger partial charge in [0.05, 0.1) is 11.3 Å². The summed E-state index contributed by atoms with van der Waals surface area (Å²) in [5, 5.41) is 16.0. The van der Waals surface area contributed by atoms with E-state index >= 15 is 0 Å². The maximum absolute atomic E-state index is 12.3. The Bertz CT molecular complexity index is 928. The van der Waals surface area contributed by atoms with Gasteiger partial charge in [0.15, 0.2) is 0 Å². The Morgan fingerprint density at radius 2 is 1.62 bits per heavy atom. The monoisotopic (exact) mass is 318 g/mol. The molecule has 0 unspecified atom stereocenters. The number of hydrogen-bond acceptors (Lipinski definition) is 3. The summed E-state index contributed by atoms with van der Waals surface area (Å²) in [4.78, 5) is 12.3. The number of carbonyl (C=O) groups excluding carboxylic acids is 1. The van der Waals surface area contributed by atoms with Gasteiger partial charge < -0.3 is 5.11 Å². The molecule has 0 aromatic heterocycles. The van der Waals surface area contributed by atoms with E-state index in [-0.39, 0.29) is 11.3 Å². The number of fused-ring (bicyclic) bond motifs is 1. The summed E-state index contributed by atoms with van der Waals surface area (Å²) in [6.45, 7) is 3.84. The topological polar surface area (TPSA) is 61.7 Å². The van der Waals surface area contributed by atoms with Crippen molar-refractivity contribution in [2.75, 3.05) is 0 Å². The number of benzene rings is 3. The number of amides is 1. The number of hydrogen-bond donors (Lipinski definition) is 2. The fourth-order valence-electron chi connectivity index (χ4n) is 2.46. The summed E-state index contributed by atoms with van der Waals surface area (Å²) in [6.07, 6.45) is 0. The number of aromatic hydroxyl groups is 1. The van der Waals surface area contributed by atoms with Crippen molar-refractivity contribution in [1.82, 2.24) is 5.43 Å². The van der Waals surface area contributed by atoms with E-state index in [2.05, 4.69) is 10.5 Å². The Balaban J connectivity index is 1.83. The zero-order valence-electron chi connectivity index (χ0n) is 13.6. The van der Waals surface area contributed by atoms with E-state index < -0.39 is 5.91 Å². The second kappa shape index (κ2) is 6.54. The van der Waals surface area contributed by atoms with Crippen molar-refractivity contribution in [3.05, 3.63) is 77.4 Å². The molecule has 2 N–H and O–H groups in total. The van der Waals surface area contributed by atoms with E-state index in [1.807, 2.05) is 62.4 Å². The first kappa shape index (κ1) is 15.7. The minimum absolute atomic E-state index is 0.0608. The molecular formula is C20H18N2O2. The van der Waals surface area contributed by atoms with Crippen molar-refractivity contribution in [2.24, 2.45) is 5.10 Å². The molecule has 0 heterocycles. The molecule has 0 aliphatic rings. The van der Waals surface area contributed by atoms with Crippen molar-refractivity contribution in [3.63, 3.8) is 0 Å². The van der Waals surface area contributed by atoms with Gasteiger partial charge in [-0.3, -0.25) is 4.79 Å². The summed E-state index contributed by atoms with van der Waals surface area (Å²) in [5.74, 6) is -0.501. The summed E-state index contributed by atoms with van der Waals surface area (Å²) in [5.41, 5.74) is 5.50. The first-order valence-corrected chi connectivity index (χ1v) is 7.68. The summed E-state index contributed by atoms with van der Waals surface area (Å²) in [6, 6.07) is 18.7. The number of phenolic OH excluding ortho intramolecular Hbond substituents is 1. The van der Waals surface area contributed by atoms with E-state index in [4.69, 9.17) is 0 Å². The second-order valence-electron chi connectivity index (χ2n) is 5.72. The largest absolute Gasteiger partial charge is 0.507 e. The molecule has 0 saturated carbocycles. The van der Waals surface area contributed by atoms with Crippen LogP contribution in [-0.4, -0.2) is 16.7 Å². The Hall–Kier alpha value is -3.14. The van der Waals surface area contributed by atoms with Crippen LogP contribution in [0.4, 0.5) is 0 Å². The second-order valence-corrected chi connectivity index (χ2v) is 5.72. The van der Waals surface area contributed by atoms with Crippen LogP contribution in [0.25, 0.3) is 10.8 Å². The van der Waals surface area contributed by atoms with Gasteiger partial charge in [-0.25, -0.2) is 5.43 Å². The molecule has 0 saturated heterocycles. The van der Waals surface area contributed by atoms with Crippen molar-refractivity contribution in [2.45, 2.75) is 13.8 Å². The molecule has 3 aromatic rings. The highest BCUT2D eigenvalue weighted by Gasteiger charge is 2.12. The normalized spacial score (nSPS) is 11.5. The number of nitrogens with zero attached hydrogens (tertiary/aromatic N) is 1. The molecule has 0 atom stereocenters. The van der Waals surface area contributed by atoms with Crippen LogP contribution in [-0.2, 0) is 0 Å². The predicted octanol–water partition coefficient (Wildman–Crippen LogP) is 4.01. The number of hydrazone groups is 1. The number of phenols is 1. The van der Waals surface area contributed by atoms with Crippen molar-refractivity contribution < 1.29 is 9.90 Å². The lowest BCUT2D eigenvalue weighted by atomic mass is 10.1. The SMILES string of the molecule is CC(=NNC(=O)c1cc2ccccc2cc1O)c1ccc(C)cc1. The van der Waals surface area contributed by atoms with Gasteiger partial charge in [-0.15, -0.1) is 0 Å². The lowest BCUT2D eigenvalue weighted by molar-refractivity contribution is 0.0952. The molecule has 0 bridgehead atoms. The van der Waals surface area contributed by atoms with Crippen molar-refractivity contribution in [1.29, 1.82) is 0 Å². The Kier molecular flexibility index (Phi) is 4.29. The molecule has 1 amide bonds. The first-order valence-electron chi connectivity index (χ1n) is 7.68. The molecule has 4 heteroatoms. The lowest BCUT2D eigenvalue weighted by Crippen LogP contribution is -2.19. The summed E-state index contributed by atoms with van der Waals surface area (Å²) in [7, 11) is 0. The number of aryl methyl sites for hydroxylation is 1. The van der Waals surface area contributed by atoms with Crippen LogP contribution in [0, 0.1) is 6.92 Å². The van der Waals surface area contributed by atoms with Crippen molar-refractivity contribution >= 4 is 22.4 Å². The van der Waals surface area contributed by atoms with E-state index in [1.54, 1.807) is 12.1 Å². The Labute approximate surface area is 140 Å². The lowest BCUT2D eigenvalue weighted by Gasteiger charge is -2.07. The van der Waals surface area contributed by atoms with Gasteiger partial charge >= 0.3 is 0 Å². The minimum atomic E-state index is -0.440. The molecule has 0 fully saturated rings. The van der Waals surface area contributed by atoms with Crippen LogP contribution in [0.15, 0.2) is 65.8 Å². The number of nitrogens with one attached hydrogen (secondary N) is 1. The summed E-state index contributed by atoms with van der Waals surface area (Å²) < 4.78 is 0. The molecule has 0 aliphatic heterocycles. The number of carbonyl (C=O) groups is 1. The third kappa shape index (κ3) is 3.27. The zero-order chi connectivity index (χ0) is 17.1. The van der Waals surface area contributed by atoms with E-state index in [0.717, 1.165) is 21.9 Å². The van der Waals surface area contributed by atoms with Gasteiger partial charge in [0, 0.05) is 0 Å². The average Bonchev–Trinajstić information content (AvgIpc) is 2.59. The standard InChI is InChI=1S/C20H18N2O2/c1-13-7-9-15(10-8-13)14(2)21-22-20(24)18-11-16-5-3-4-6-17(16)12-19(18)23/h3-12,23H,1-2H3,(H,22,24). The fourth-order valence-corrected chi connectivity index (χ4v) is 2.46. The molecule has 4 nitrogen and oxygen atoms in total. The molecule has 0 radical (unpaired) electrons. The van der Waals surface area contributed by atoms with Gasteiger partial charge in [-0.1, -0.05) is 54.1 Å².